The molecule has 8 rings (SSSR count). The molecule has 1 aliphatic carbocycles. The van der Waals surface area contributed by atoms with Gasteiger partial charge in [0.05, 0.1) is 35.6 Å². The molecule has 0 atom stereocenters. The maximum Gasteiger partial charge on any atom is 0.215 e. The second-order valence-corrected chi connectivity index (χ2v) is 27.0. The number of allylic oxidation sites excluding steroid dienone is 9. The van der Waals surface area contributed by atoms with E-state index in [2.05, 4.69) is 270 Å². The molecule has 1 aliphatic rings. The van der Waals surface area contributed by atoms with Crippen LogP contribution in [0.3, 0.4) is 0 Å². The number of nitriles is 2. The summed E-state index contributed by atoms with van der Waals surface area (Å²) in [6.07, 6.45) is 29.0. The van der Waals surface area contributed by atoms with Crippen molar-refractivity contribution in [1.29, 1.82) is 10.5 Å². The summed E-state index contributed by atoms with van der Waals surface area (Å²) >= 11 is 0. The van der Waals surface area contributed by atoms with E-state index in [-0.39, 0.29) is 11.4 Å². The minimum Gasteiger partial charge on any atom is -0.372 e. The lowest BCUT2D eigenvalue weighted by Gasteiger charge is -2.27. The van der Waals surface area contributed by atoms with Crippen molar-refractivity contribution in [3.8, 4) is 12.1 Å². The number of aryl methyl sites for hydroxylation is 2. The first-order valence-corrected chi connectivity index (χ1v) is 37.8. The summed E-state index contributed by atoms with van der Waals surface area (Å²) in [7, 11) is 4.15. The molecular formula is C90H107N14+. The van der Waals surface area contributed by atoms with Crippen LogP contribution in [0, 0.1) is 49.7 Å². The first-order valence-electron chi connectivity index (χ1n) is 37.8. The standard InChI is InChI=1S/C90H107N14/c1-15-23-54-103(55-24-16-2)77-42-36-72(37-43-77)81(70-32-30-69(31-33-70)66-99(13)87-62-79(101(50-19-5)51-20-6)46-48-83(87)95-97-89-74(64-91)58-67(9)60-85(89)93-11)28-27-29-82(73-38-44-78(45-39-73)104(56-25-17-3)57-26-18-4)71-34-40-76(41-35-71)100(14)88-63-80(102(52-21-7)53-22-8)47-49-84(88)96-98-90-75(65-92)59-68(10)61-86(90)94-12/h27-49,58-63H,15-26,50-57,66H2,1-10,13-14H3/q+1. The monoisotopic (exact) mass is 1380 g/mol. The van der Waals surface area contributed by atoms with Crippen LogP contribution >= 0.6 is 0 Å². The number of hydrogen-bond acceptors (Lipinski definition) is 11. The Hall–Kier alpha value is -10.9. The Bertz CT molecular complexity index is 4340. The van der Waals surface area contributed by atoms with Gasteiger partial charge in [0.25, 0.3) is 0 Å². The van der Waals surface area contributed by atoms with Crippen LogP contribution < -0.4 is 24.5 Å². The summed E-state index contributed by atoms with van der Waals surface area (Å²) in [5.74, 6) is 0. The summed E-state index contributed by atoms with van der Waals surface area (Å²) in [5, 5.41) is 39.2. The lowest BCUT2D eigenvalue weighted by Crippen LogP contribution is -2.25. The van der Waals surface area contributed by atoms with Gasteiger partial charge >= 0.3 is 0 Å². The van der Waals surface area contributed by atoms with E-state index in [0.29, 0.717) is 40.4 Å². The van der Waals surface area contributed by atoms with Crippen LogP contribution in [0.5, 0.6) is 0 Å². The van der Waals surface area contributed by atoms with Crippen LogP contribution in [-0.4, -0.2) is 76.7 Å². The van der Waals surface area contributed by atoms with Gasteiger partial charge in [-0.3, -0.25) is 0 Å². The maximum atomic E-state index is 10.2. The molecule has 0 saturated heterocycles. The second-order valence-electron chi connectivity index (χ2n) is 27.0. The molecule has 14 heteroatoms. The van der Waals surface area contributed by atoms with Crippen LogP contribution in [0.15, 0.2) is 202 Å². The normalized spacial score (nSPS) is 12.1. The van der Waals surface area contributed by atoms with Crippen molar-refractivity contribution in [2.24, 2.45) is 20.5 Å². The van der Waals surface area contributed by atoms with Crippen LogP contribution in [0.1, 0.15) is 177 Å². The third-order valence-corrected chi connectivity index (χ3v) is 18.8. The predicted molar refractivity (Wildman–Crippen MR) is 439 cm³/mol. The SMILES string of the molecule is [C-]#[N+]c1cc(C)cc(C#N)c1N=Nc1ccc(N(CCC)CCC)cc1N(C)Cc1ccc(C(/C=C/C=C(\c2ccc(N(CCCC)CCCC)cc2)c2ccc(N(C)c3cc(N(CCC)CCC)ccc3N=Nc3c(C#N)cc(C)cc3[N+]#[C-])cc2)=C2C=CC(=[N+](CCCC)CCCC)C=C2)cc1. The highest BCUT2D eigenvalue weighted by molar-refractivity contribution is 6.03. The van der Waals surface area contributed by atoms with Crippen LogP contribution in [-0.2, 0) is 6.54 Å². The molecule has 0 saturated carbocycles. The van der Waals surface area contributed by atoms with Gasteiger partial charge in [-0.1, -0.05) is 171 Å². The lowest BCUT2D eigenvalue weighted by atomic mass is 9.94. The minimum atomic E-state index is 0.265. The van der Waals surface area contributed by atoms with Gasteiger partial charge in [0.1, 0.15) is 48.0 Å². The Kier molecular flexibility index (Phi) is 30.8. The second kappa shape index (κ2) is 40.6. The van der Waals surface area contributed by atoms with Gasteiger partial charge in [-0.15, -0.1) is 10.2 Å². The number of unbranched alkanes of at least 4 members (excludes halogenated alkanes) is 4. The number of azo groups is 2. The zero-order valence-corrected chi connectivity index (χ0v) is 63.9. The molecule has 7 aromatic rings. The fourth-order valence-corrected chi connectivity index (χ4v) is 13.2. The van der Waals surface area contributed by atoms with Gasteiger partial charge in [-0.25, -0.2) is 14.3 Å². The van der Waals surface area contributed by atoms with Crippen LogP contribution in [0.2, 0.25) is 0 Å². The van der Waals surface area contributed by atoms with Gasteiger partial charge in [-0.2, -0.15) is 20.8 Å². The van der Waals surface area contributed by atoms with Crippen molar-refractivity contribution in [1.82, 2.24) is 0 Å². The Morgan fingerprint density at radius 2 is 0.904 bits per heavy atom. The highest BCUT2D eigenvalue weighted by Crippen LogP contribution is 2.43. The van der Waals surface area contributed by atoms with Gasteiger partial charge in [0.15, 0.2) is 5.71 Å². The highest BCUT2D eigenvalue weighted by Gasteiger charge is 2.21. The summed E-state index contributed by atoms with van der Waals surface area (Å²) in [5.41, 5.74) is 19.6. The molecule has 0 spiro atoms. The molecule has 0 amide bonds. The van der Waals surface area contributed by atoms with Crippen molar-refractivity contribution in [3.05, 3.63) is 249 Å². The van der Waals surface area contributed by atoms with Crippen LogP contribution in [0.4, 0.5) is 68.2 Å². The molecule has 104 heavy (non-hydrogen) atoms. The number of rotatable bonds is 37. The van der Waals surface area contributed by atoms with E-state index < -0.39 is 0 Å². The lowest BCUT2D eigenvalue weighted by molar-refractivity contribution is -0.527. The number of hydrogen-bond donors (Lipinski definition) is 0. The van der Waals surface area contributed by atoms with Crippen molar-refractivity contribution < 1.29 is 4.58 Å². The van der Waals surface area contributed by atoms with Crippen molar-refractivity contribution in [2.75, 3.05) is 91.0 Å². The highest BCUT2D eigenvalue weighted by atomic mass is 15.2. The van der Waals surface area contributed by atoms with Gasteiger partial charge in [0, 0.05) is 108 Å². The Balaban J connectivity index is 1.23. The number of benzene rings is 7. The summed E-state index contributed by atoms with van der Waals surface area (Å²) < 4.78 is 2.54. The van der Waals surface area contributed by atoms with Crippen molar-refractivity contribution in [2.45, 2.75) is 153 Å². The molecule has 0 bridgehead atoms. The predicted octanol–water partition coefficient (Wildman–Crippen LogP) is 24.7. The number of nitrogens with zero attached hydrogens (tertiary/aromatic N) is 14. The molecule has 0 radical (unpaired) electrons. The largest absolute Gasteiger partial charge is 0.372 e. The fraction of sp³-hybridized carbons (Fsp3) is 0.367. The van der Waals surface area contributed by atoms with E-state index in [1.165, 1.54) is 11.4 Å². The number of anilines is 6. The molecule has 0 unspecified atom stereocenters. The summed E-state index contributed by atoms with van der Waals surface area (Å²) in [6.45, 7) is 45.8. The zero-order valence-electron chi connectivity index (χ0n) is 63.9. The summed E-state index contributed by atoms with van der Waals surface area (Å²) in [6, 6.07) is 50.9. The van der Waals surface area contributed by atoms with Crippen molar-refractivity contribution in [3.63, 3.8) is 0 Å². The molecule has 14 nitrogen and oxygen atoms in total. The zero-order chi connectivity index (χ0) is 74.3. The van der Waals surface area contributed by atoms with Crippen LogP contribution in [0.25, 0.3) is 20.8 Å². The van der Waals surface area contributed by atoms with Crippen molar-refractivity contribution >= 4 is 85.1 Å². The van der Waals surface area contributed by atoms with E-state index in [4.69, 9.17) is 23.4 Å². The van der Waals surface area contributed by atoms with E-state index in [0.717, 1.165) is 208 Å². The van der Waals surface area contributed by atoms with Gasteiger partial charge < -0.3 is 24.5 Å². The molecule has 0 fully saturated rings. The first kappa shape index (κ1) is 78.8. The average molecular weight is 1380 g/mol. The molecule has 0 aromatic heterocycles. The van der Waals surface area contributed by atoms with E-state index in [9.17, 15) is 10.5 Å². The minimum absolute atomic E-state index is 0.265. The summed E-state index contributed by atoms with van der Waals surface area (Å²) in [4.78, 5) is 19.2. The molecule has 7 aromatic carbocycles. The quantitative estimate of drug-likeness (QED) is 0.0164. The Morgan fingerprint density at radius 1 is 0.471 bits per heavy atom. The fourth-order valence-electron chi connectivity index (χ4n) is 13.2. The smallest absolute Gasteiger partial charge is 0.215 e. The topological polar surface area (TPSA) is 125 Å². The molecule has 536 valence electrons. The van der Waals surface area contributed by atoms with E-state index in [1.807, 2.05) is 26.0 Å². The maximum absolute atomic E-state index is 10.2. The van der Waals surface area contributed by atoms with E-state index in [1.54, 1.807) is 24.3 Å². The van der Waals surface area contributed by atoms with E-state index >= 15 is 0 Å². The molecule has 0 heterocycles. The first-order chi connectivity index (χ1) is 50.7. The average Bonchev–Trinajstić information content (AvgIpc) is 0.813. The third kappa shape index (κ3) is 21.1. The third-order valence-electron chi connectivity index (χ3n) is 18.8. The molecule has 0 aliphatic heterocycles. The Morgan fingerprint density at radius 3 is 1.36 bits per heavy atom. The van der Waals surface area contributed by atoms with Gasteiger partial charge in [-0.05, 0) is 176 Å². The molecular weight excluding hydrogens is 1280 g/mol. The van der Waals surface area contributed by atoms with Gasteiger partial charge in [0.2, 0.25) is 11.4 Å². The molecule has 0 N–H and O–H groups in total. The Labute approximate surface area is 622 Å².